The zero-order valence-corrected chi connectivity index (χ0v) is 33.5. The van der Waals surface area contributed by atoms with Crippen LogP contribution in [0.15, 0.2) is 210 Å². The maximum absolute atomic E-state index is 7.28. The van der Waals surface area contributed by atoms with Gasteiger partial charge in [0.15, 0.2) is 5.71 Å². The first-order valence-corrected chi connectivity index (χ1v) is 20.6. The Kier molecular flexibility index (Phi) is 10.3. The van der Waals surface area contributed by atoms with Crippen molar-refractivity contribution in [2.24, 2.45) is 10.1 Å². The number of aromatic nitrogens is 3. The van der Waals surface area contributed by atoms with Crippen molar-refractivity contribution in [3.8, 4) is 22.3 Å². The van der Waals surface area contributed by atoms with Crippen LogP contribution < -0.4 is 10.8 Å². The van der Waals surface area contributed by atoms with Crippen LogP contribution >= 0.6 is 0 Å². The van der Waals surface area contributed by atoms with E-state index in [1.165, 1.54) is 27.5 Å². The zero-order valence-electron chi connectivity index (χ0n) is 33.5. The number of nitrogens with two attached hydrogens (primary N) is 1. The number of dihydropyridines is 1. The molecule has 10 rings (SSSR count). The van der Waals surface area contributed by atoms with Crippen LogP contribution in [0.25, 0.3) is 49.7 Å². The van der Waals surface area contributed by atoms with Crippen LogP contribution in [-0.2, 0) is 0 Å². The fourth-order valence-corrected chi connectivity index (χ4v) is 8.38. The predicted octanol–water partition coefficient (Wildman–Crippen LogP) is 10.4. The minimum absolute atomic E-state index is 0.104. The Hall–Kier alpha value is -7.90. The van der Waals surface area contributed by atoms with Gasteiger partial charge in [-0.05, 0) is 181 Å². The summed E-state index contributed by atoms with van der Waals surface area (Å²) in [5.74, 6) is 0.104. The van der Waals surface area contributed by atoms with Crippen LogP contribution in [-0.4, -0.2) is 39.1 Å². The number of rotatable bonds is 9. The highest BCUT2D eigenvalue weighted by Gasteiger charge is 2.29. The van der Waals surface area contributed by atoms with Gasteiger partial charge in [0, 0.05) is 55.9 Å². The third-order valence-electron chi connectivity index (χ3n) is 11.6. The van der Waals surface area contributed by atoms with Crippen molar-refractivity contribution in [3.63, 3.8) is 0 Å². The van der Waals surface area contributed by atoms with Gasteiger partial charge >= 0.3 is 0 Å². The van der Waals surface area contributed by atoms with Gasteiger partial charge in [0.05, 0.1) is 11.3 Å². The number of nitrogens with one attached hydrogen (secondary N) is 1. The molecule has 0 spiro atoms. The number of aliphatic imine (C=N–C) groups is 1. The molecule has 292 valence electrons. The van der Waals surface area contributed by atoms with Crippen molar-refractivity contribution in [2.75, 3.05) is 12.0 Å². The molecule has 7 heteroatoms. The first-order valence-electron chi connectivity index (χ1n) is 20.6. The minimum atomic E-state index is 0.104. The number of fused-ring (bicyclic) bond motifs is 1. The van der Waals surface area contributed by atoms with Gasteiger partial charge in [-0.3, -0.25) is 30.8 Å². The lowest BCUT2D eigenvalue weighted by molar-refractivity contribution is -0.109. The standard InChI is InChI=1S/C54H41N7/c55-54-52(50-31-46(39-14-22-58-23-15-39)28-47(32-50)40-16-24-59-25-17-40)34-49(48-29-44(37-10-18-56-19-11-37)27-45(30-48)38-12-20-57-21-13-38)35-53(54)61-60-51-7-3-6-42(33-51)43-9-8-36-4-1-2-5-41(36)26-43/h1-12,14-20,22-27,29-35,46,55,60H,13,21,28H2/p+1/b55-54?,61-53-. The molecule has 2 aliphatic carbocycles. The molecule has 0 saturated carbocycles. The number of hydrogen-bond acceptors (Lipinski definition) is 6. The predicted molar refractivity (Wildman–Crippen MR) is 251 cm³/mol. The second-order valence-corrected chi connectivity index (χ2v) is 15.5. The van der Waals surface area contributed by atoms with Gasteiger partial charge in [-0.15, -0.1) is 0 Å². The molecule has 3 aliphatic rings. The molecule has 0 radical (unpaired) electrons. The number of pyridine rings is 3. The van der Waals surface area contributed by atoms with E-state index in [2.05, 4.69) is 171 Å². The van der Waals surface area contributed by atoms with E-state index in [0.29, 0.717) is 11.4 Å². The Labute approximate surface area is 355 Å². The largest absolute Gasteiger partial charge is 0.293 e. The lowest BCUT2D eigenvalue weighted by Gasteiger charge is -2.25. The molecule has 3 aromatic heterocycles. The molecular formula is C54H42N7+. The lowest BCUT2D eigenvalue weighted by atomic mass is 9.78. The Morgan fingerprint density at radius 1 is 0.557 bits per heavy atom. The van der Waals surface area contributed by atoms with Gasteiger partial charge in [-0.1, -0.05) is 60.7 Å². The highest BCUT2D eigenvalue weighted by molar-refractivity contribution is 6.53. The number of hydrazone groups is 1. The molecule has 3 N–H and O–H groups in total. The quantitative estimate of drug-likeness (QED) is 0.112. The molecule has 4 aromatic carbocycles. The average molecular weight is 789 g/mol. The van der Waals surface area contributed by atoms with Crippen LogP contribution in [0, 0.1) is 0 Å². The second kappa shape index (κ2) is 16.8. The molecule has 4 heterocycles. The Morgan fingerprint density at radius 3 is 2.07 bits per heavy atom. The summed E-state index contributed by atoms with van der Waals surface area (Å²) in [6.07, 6.45) is 25.8. The summed E-state index contributed by atoms with van der Waals surface area (Å²) >= 11 is 0. The first kappa shape index (κ1) is 37.4. The fraction of sp³-hybridized carbons (Fsp3) is 0.0741. The molecule has 61 heavy (non-hydrogen) atoms. The molecule has 7 aromatic rings. The summed E-state index contributed by atoms with van der Waals surface area (Å²) in [6, 6.07) is 42.6. The van der Waals surface area contributed by atoms with E-state index in [1.807, 2.05) is 49.5 Å². The average Bonchev–Trinajstić information content (AvgIpc) is 3.34. The number of allylic oxidation sites excluding steroid dienone is 9. The van der Waals surface area contributed by atoms with Crippen molar-refractivity contribution >= 4 is 50.8 Å². The Balaban J connectivity index is 1.10. The maximum atomic E-state index is 7.28. The van der Waals surface area contributed by atoms with E-state index < -0.39 is 0 Å². The summed E-state index contributed by atoms with van der Waals surface area (Å²) in [6.45, 7) is 0.766. The van der Waals surface area contributed by atoms with E-state index in [0.717, 1.165) is 80.7 Å². The van der Waals surface area contributed by atoms with Crippen LogP contribution in [0.3, 0.4) is 0 Å². The van der Waals surface area contributed by atoms with Crippen LogP contribution in [0.5, 0.6) is 0 Å². The topological polar surface area (TPSA) is 101 Å². The monoisotopic (exact) mass is 788 g/mol. The van der Waals surface area contributed by atoms with Gasteiger partial charge in [0.1, 0.15) is 0 Å². The molecule has 0 amide bonds. The number of hydrogen-bond donors (Lipinski definition) is 2. The smallest absolute Gasteiger partial charge is 0.232 e. The van der Waals surface area contributed by atoms with Crippen molar-refractivity contribution in [1.29, 1.82) is 0 Å². The van der Waals surface area contributed by atoms with E-state index in [9.17, 15) is 0 Å². The fourth-order valence-electron chi connectivity index (χ4n) is 8.38. The highest BCUT2D eigenvalue weighted by Crippen LogP contribution is 2.40. The molecule has 1 unspecified atom stereocenters. The first-order chi connectivity index (χ1) is 30.1. The molecule has 1 atom stereocenters. The molecule has 0 saturated heterocycles. The Bertz CT molecular complexity index is 3030. The van der Waals surface area contributed by atoms with Gasteiger partial charge in [-0.25, -0.2) is 0 Å². The third kappa shape index (κ3) is 8.10. The normalized spacial score (nSPS) is 17.0. The van der Waals surface area contributed by atoms with E-state index in [1.54, 1.807) is 0 Å². The number of nitrogens with zero attached hydrogens (tertiary/aromatic N) is 5. The van der Waals surface area contributed by atoms with Crippen LogP contribution in [0.4, 0.5) is 5.69 Å². The molecular weight excluding hydrogens is 747 g/mol. The van der Waals surface area contributed by atoms with Crippen molar-refractivity contribution in [2.45, 2.75) is 18.8 Å². The van der Waals surface area contributed by atoms with Gasteiger partial charge in [0.2, 0.25) is 5.71 Å². The van der Waals surface area contributed by atoms with Gasteiger partial charge in [-0.2, -0.15) is 5.10 Å². The zero-order chi connectivity index (χ0) is 41.0. The molecule has 0 bridgehead atoms. The summed E-state index contributed by atoms with van der Waals surface area (Å²) in [5, 5.41) is 14.8. The third-order valence-corrected chi connectivity index (χ3v) is 11.6. The van der Waals surface area contributed by atoms with Crippen LogP contribution in [0.2, 0.25) is 0 Å². The van der Waals surface area contributed by atoms with Gasteiger partial charge in [0.25, 0.3) is 0 Å². The Morgan fingerprint density at radius 2 is 1.28 bits per heavy atom. The van der Waals surface area contributed by atoms with Crippen molar-refractivity contribution in [3.05, 3.63) is 222 Å². The van der Waals surface area contributed by atoms with Crippen molar-refractivity contribution < 1.29 is 5.41 Å². The number of benzene rings is 4. The lowest BCUT2D eigenvalue weighted by Crippen LogP contribution is -2.47. The van der Waals surface area contributed by atoms with Crippen molar-refractivity contribution in [1.82, 2.24) is 15.0 Å². The van der Waals surface area contributed by atoms with E-state index in [-0.39, 0.29) is 5.92 Å². The summed E-state index contributed by atoms with van der Waals surface area (Å²) in [4.78, 5) is 17.4. The summed E-state index contributed by atoms with van der Waals surface area (Å²) < 4.78 is 0. The van der Waals surface area contributed by atoms with Crippen LogP contribution in [0.1, 0.15) is 41.0 Å². The summed E-state index contributed by atoms with van der Waals surface area (Å²) in [7, 11) is 0. The molecule has 1 aliphatic heterocycles. The highest BCUT2D eigenvalue weighted by atomic mass is 15.3. The van der Waals surface area contributed by atoms with Gasteiger partial charge < -0.3 is 0 Å². The minimum Gasteiger partial charge on any atom is -0.293 e. The second-order valence-electron chi connectivity index (χ2n) is 15.5. The maximum Gasteiger partial charge on any atom is 0.232 e. The summed E-state index contributed by atoms with van der Waals surface area (Å²) in [5.41, 5.74) is 19.9. The molecule has 0 fully saturated rings. The van der Waals surface area contributed by atoms with E-state index in [4.69, 9.17) is 10.5 Å². The number of anilines is 1. The molecule has 7 nitrogen and oxygen atoms in total. The van der Waals surface area contributed by atoms with E-state index >= 15 is 0 Å². The SMILES string of the molecule is [NH2+]=C1C(C2=CC(c3ccncc3)CC(c3ccncc3)=C2)=CC(c2cc(C3=CC=NCC3)cc(-c3ccncc3)c2)=C/C1=N/Nc1cccc(-c2ccc3ccccc3c2)c1.